The zero-order chi connectivity index (χ0) is 11.0. The van der Waals surface area contributed by atoms with Crippen molar-refractivity contribution in [2.45, 2.75) is 31.6 Å². The fourth-order valence-corrected chi connectivity index (χ4v) is 4.20. The molecule has 5 heteroatoms. The molecule has 2 aromatic heterocycles. The highest BCUT2D eigenvalue weighted by atomic mass is 35.5. The molecule has 0 aliphatic heterocycles. The van der Waals surface area contributed by atoms with E-state index in [1.807, 2.05) is 11.3 Å². The molecule has 0 unspecified atom stereocenters. The van der Waals surface area contributed by atoms with Crippen LogP contribution in [0.5, 0.6) is 0 Å². The van der Waals surface area contributed by atoms with E-state index in [0.717, 1.165) is 10.0 Å². The third-order valence-electron chi connectivity index (χ3n) is 2.79. The van der Waals surface area contributed by atoms with Crippen molar-refractivity contribution in [1.82, 2.24) is 10.2 Å². The molecule has 0 saturated heterocycles. The summed E-state index contributed by atoms with van der Waals surface area (Å²) in [5, 5.41) is 10.2. The molecule has 0 amide bonds. The largest absolute Gasteiger partial charge is 0.157 e. The van der Waals surface area contributed by atoms with Gasteiger partial charge < -0.3 is 0 Å². The minimum absolute atomic E-state index is 0.461. The highest BCUT2D eigenvalue weighted by Gasteiger charge is 2.16. The molecule has 0 bridgehead atoms. The number of alkyl halides is 1. The van der Waals surface area contributed by atoms with E-state index in [-0.39, 0.29) is 0 Å². The van der Waals surface area contributed by atoms with Crippen LogP contribution in [-0.4, -0.2) is 10.2 Å². The molecule has 2 nitrogen and oxygen atoms in total. The van der Waals surface area contributed by atoms with Crippen molar-refractivity contribution >= 4 is 34.3 Å². The first kappa shape index (κ1) is 10.7. The molecule has 0 saturated carbocycles. The van der Waals surface area contributed by atoms with Crippen LogP contribution < -0.4 is 0 Å². The molecular weight excluding hydrogens is 260 g/mol. The molecule has 1 aliphatic rings. The van der Waals surface area contributed by atoms with Crippen molar-refractivity contribution in [3.05, 3.63) is 21.5 Å². The third-order valence-corrected chi connectivity index (χ3v) is 5.53. The van der Waals surface area contributed by atoms with Crippen molar-refractivity contribution < 1.29 is 0 Å². The van der Waals surface area contributed by atoms with E-state index in [9.17, 15) is 0 Å². The average Bonchev–Trinajstić information content (AvgIpc) is 2.95. The van der Waals surface area contributed by atoms with Gasteiger partial charge in [-0.1, -0.05) is 11.3 Å². The molecule has 84 valence electrons. The van der Waals surface area contributed by atoms with Crippen molar-refractivity contribution in [2.24, 2.45) is 0 Å². The fourth-order valence-electron chi connectivity index (χ4n) is 2.00. The molecule has 2 aromatic rings. The maximum atomic E-state index is 5.74. The van der Waals surface area contributed by atoms with Gasteiger partial charge in [0.1, 0.15) is 5.01 Å². The van der Waals surface area contributed by atoms with Crippen LogP contribution in [-0.2, 0) is 18.7 Å². The van der Waals surface area contributed by atoms with Gasteiger partial charge >= 0.3 is 0 Å². The molecule has 16 heavy (non-hydrogen) atoms. The van der Waals surface area contributed by atoms with Crippen molar-refractivity contribution in [1.29, 1.82) is 0 Å². The van der Waals surface area contributed by atoms with Gasteiger partial charge in [-0.05, 0) is 37.3 Å². The van der Waals surface area contributed by atoms with Gasteiger partial charge in [-0.15, -0.1) is 33.1 Å². The van der Waals surface area contributed by atoms with E-state index in [0.29, 0.717) is 5.88 Å². The first-order chi connectivity index (χ1) is 7.86. The SMILES string of the molecule is ClCc1nnc(-c2cc3c(s2)CCCC3)s1. The van der Waals surface area contributed by atoms with E-state index in [1.165, 1.54) is 36.1 Å². The van der Waals surface area contributed by atoms with Gasteiger partial charge in [-0.3, -0.25) is 0 Å². The van der Waals surface area contributed by atoms with E-state index < -0.39 is 0 Å². The Labute approximate surface area is 107 Å². The third kappa shape index (κ3) is 1.90. The normalized spacial score (nSPS) is 15.1. The Hall–Kier alpha value is -0.450. The van der Waals surface area contributed by atoms with Crippen molar-refractivity contribution in [3.8, 4) is 9.88 Å². The predicted molar refractivity (Wildman–Crippen MR) is 69.4 cm³/mol. The number of hydrogen-bond donors (Lipinski definition) is 0. The number of thiophene rings is 1. The van der Waals surface area contributed by atoms with Crippen molar-refractivity contribution in [2.75, 3.05) is 0 Å². The van der Waals surface area contributed by atoms with Gasteiger partial charge in [0.05, 0.1) is 10.8 Å². The molecule has 0 fully saturated rings. The fraction of sp³-hybridized carbons (Fsp3) is 0.455. The van der Waals surface area contributed by atoms with Crippen LogP contribution in [0.3, 0.4) is 0 Å². The average molecular weight is 271 g/mol. The van der Waals surface area contributed by atoms with Gasteiger partial charge in [0.2, 0.25) is 0 Å². The zero-order valence-corrected chi connectivity index (χ0v) is 11.1. The van der Waals surface area contributed by atoms with Crippen LogP contribution in [0.1, 0.15) is 28.3 Å². The summed E-state index contributed by atoms with van der Waals surface area (Å²) in [6.45, 7) is 0. The molecule has 0 N–H and O–H groups in total. The van der Waals surface area contributed by atoms with E-state index >= 15 is 0 Å². The molecule has 1 aliphatic carbocycles. The van der Waals surface area contributed by atoms with Gasteiger partial charge in [0.15, 0.2) is 5.01 Å². The number of nitrogens with zero attached hydrogens (tertiary/aromatic N) is 2. The maximum absolute atomic E-state index is 5.74. The Morgan fingerprint density at radius 2 is 2.06 bits per heavy atom. The summed E-state index contributed by atoms with van der Waals surface area (Å²) in [6, 6.07) is 2.29. The Morgan fingerprint density at radius 1 is 1.19 bits per heavy atom. The number of aromatic nitrogens is 2. The van der Waals surface area contributed by atoms with Crippen LogP contribution >= 0.6 is 34.3 Å². The number of rotatable bonds is 2. The van der Waals surface area contributed by atoms with Crippen LogP contribution in [0.25, 0.3) is 9.88 Å². The summed E-state index contributed by atoms with van der Waals surface area (Å²) in [4.78, 5) is 2.81. The van der Waals surface area contributed by atoms with E-state index in [2.05, 4.69) is 16.3 Å². The minimum atomic E-state index is 0.461. The van der Waals surface area contributed by atoms with Crippen LogP contribution in [0.15, 0.2) is 6.07 Å². The zero-order valence-electron chi connectivity index (χ0n) is 8.70. The smallest absolute Gasteiger partial charge is 0.142 e. The van der Waals surface area contributed by atoms with E-state index in [4.69, 9.17) is 11.6 Å². The number of halogens is 1. The quantitative estimate of drug-likeness (QED) is 0.774. The lowest BCUT2D eigenvalue weighted by Gasteiger charge is -2.08. The summed E-state index contributed by atoms with van der Waals surface area (Å²) in [7, 11) is 0. The van der Waals surface area contributed by atoms with E-state index in [1.54, 1.807) is 16.2 Å². The number of fused-ring (bicyclic) bond motifs is 1. The second kappa shape index (κ2) is 4.43. The van der Waals surface area contributed by atoms with Crippen LogP contribution in [0, 0.1) is 0 Å². The van der Waals surface area contributed by atoms with Gasteiger partial charge in [-0.2, -0.15) is 0 Å². The number of aryl methyl sites for hydroxylation is 2. The highest BCUT2D eigenvalue weighted by Crippen LogP contribution is 2.36. The standard InChI is InChI=1S/C11H11ClN2S2/c12-6-10-13-14-11(16-10)9-5-7-3-1-2-4-8(7)15-9/h5H,1-4,6H2. The summed E-state index contributed by atoms with van der Waals surface area (Å²) < 4.78 is 0. The Kier molecular flexibility index (Phi) is 2.96. The second-order valence-electron chi connectivity index (χ2n) is 3.90. The maximum Gasteiger partial charge on any atom is 0.157 e. The molecule has 0 spiro atoms. The predicted octanol–water partition coefficient (Wildman–Crippen LogP) is 3.88. The Morgan fingerprint density at radius 3 is 2.81 bits per heavy atom. The molecule has 0 atom stereocenters. The highest BCUT2D eigenvalue weighted by molar-refractivity contribution is 7.21. The van der Waals surface area contributed by atoms with Gasteiger partial charge in [0, 0.05) is 4.88 Å². The molecule has 0 aromatic carbocycles. The molecule has 3 rings (SSSR count). The lowest BCUT2D eigenvalue weighted by atomic mass is 9.99. The summed E-state index contributed by atoms with van der Waals surface area (Å²) >= 11 is 9.22. The summed E-state index contributed by atoms with van der Waals surface area (Å²) in [6.07, 6.45) is 5.12. The Balaban J connectivity index is 1.96. The number of hydrogen-bond acceptors (Lipinski definition) is 4. The summed E-state index contributed by atoms with van der Waals surface area (Å²) in [5.74, 6) is 0.461. The Bertz CT molecular complexity index is 480. The minimum Gasteiger partial charge on any atom is -0.142 e. The van der Waals surface area contributed by atoms with Gasteiger partial charge in [-0.25, -0.2) is 0 Å². The summed E-state index contributed by atoms with van der Waals surface area (Å²) in [5.41, 5.74) is 1.52. The molecule has 2 heterocycles. The first-order valence-corrected chi connectivity index (χ1v) is 7.54. The first-order valence-electron chi connectivity index (χ1n) is 5.37. The van der Waals surface area contributed by atoms with Crippen LogP contribution in [0.2, 0.25) is 0 Å². The lowest BCUT2D eigenvalue weighted by Crippen LogP contribution is -1.96. The van der Waals surface area contributed by atoms with Crippen LogP contribution in [0.4, 0.5) is 0 Å². The molecular formula is C11H11ClN2S2. The molecule has 0 radical (unpaired) electrons. The lowest BCUT2D eigenvalue weighted by molar-refractivity contribution is 0.697. The second-order valence-corrected chi connectivity index (χ2v) is 6.37. The monoisotopic (exact) mass is 270 g/mol. The topological polar surface area (TPSA) is 25.8 Å². The van der Waals surface area contributed by atoms with Crippen molar-refractivity contribution in [3.63, 3.8) is 0 Å². The van der Waals surface area contributed by atoms with Gasteiger partial charge in [0.25, 0.3) is 0 Å².